The molecule has 6 unspecified atom stereocenters. The van der Waals surface area contributed by atoms with Gasteiger partial charge in [-0.1, -0.05) is 38.1 Å². The number of rotatable bonds is 0. The highest BCUT2D eigenvalue weighted by Gasteiger charge is 2.70. The van der Waals surface area contributed by atoms with Gasteiger partial charge in [0.2, 0.25) is 0 Å². The lowest BCUT2D eigenvalue weighted by Crippen LogP contribution is -2.66. The van der Waals surface area contributed by atoms with Crippen LogP contribution in [0, 0.1) is 28.1 Å². The van der Waals surface area contributed by atoms with E-state index in [9.17, 15) is 19.2 Å². The standard InChI is InChI=1S/C35H42O10/c1-31(2)19-42-29(38)32(3)17-34(5)27(32)23(15-25(36)44-34)40-13-11-21-7-9-22(10-8-21)12-14-41-24-16-26(37)45-35(6)18-33(4,28(24)35)30(39)43-20-31/h7-10,15-16,27-28H,11-14,17-20H2,1-6H3. The fraction of sp³-hybridized carbons (Fsp3) is 0.600. The summed E-state index contributed by atoms with van der Waals surface area (Å²) in [6, 6.07) is 8.06. The normalized spacial score (nSPS) is 38.0. The molecule has 0 spiro atoms. The van der Waals surface area contributed by atoms with Crippen LogP contribution in [0.4, 0.5) is 0 Å². The molecule has 0 saturated heterocycles. The molecule has 10 nitrogen and oxygen atoms in total. The minimum absolute atomic E-state index is 0.0113. The summed E-state index contributed by atoms with van der Waals surface area (Å²) in [5.74, 6) is -1.94. The Bertz CT molecular complexity index is 1380. The highest BCUT2D eigenvalue weighted by Crippen LogP contribution is 2.62. The summed E-state index contributed by atoms with van der Waals surface area (Å²) in [6.07, 6.45) is 4.47. The van der Waals surface area contributed by atoms with E-state index in [1.807, 2.05) is 65.8 Å². The van der Waals surface area contributed by atoms with Crippen molar-refractivity contribution in [3.63, 3.8) is 0 Å². The summed E-state index contributed by atoms with van der Waals surface area (Å²) in [5, 5.41) is 0. The summed E-state index contributed by atoms with van der Waals surface area (Å²) in [4.78, 5) is 52.0. The number of hydrogen-bond acceptors (Lipinski definition) is 10. The molecule has 1 aromatic rings. The number of esters is 4. The van der Waals surface area contributed by atoms with Gasteiger partial charge in [-0.25, -0.2) is 9.59 Å². The Morgan fingerprint density at radius 2 is 0.956 bits per heavy atom. The molecule has 2 saturated carbocycles. The van der Waals surface area contributed by atoms with Crippen molar-refractivity contribution in [3.05, 3.63) is 59.1 Å². The maximum Gasteiger partial charge on any atom is 0.334 e. The predicted molar refractivity (Wildman–Crippen MR) is 159 cm³/mol. The highest BCUT2D eigenvalue weighted by molar-refractivity contribution is 5.88. The molecular weight excluding hydrogens is 580 g/mol. The second-order valence-corrected chi connectivity index (χ2v) is 14.9. The number of carbonyl (C=O) groups is 4. The maximum absolute atomic E-state index is 13.6. The first-order chi connectivity index (χ1) is 21.1. The van der Waals surface area contributed by atoms with Crippen molar-refractivity contribution < 1.29 is 47.6 Å². The number of benzene rings is 1. The van der Waals surface area contributed by atoms with Gasteiger partial charge < -0.3 is 28.4 Å². The minimum atomic E-state index is -0.962. The van der Waals surface area contributed by atoms with Crippen LogP contribution in [-0.2, 0) is 60.4 Å². The molecule has 2 fully saturated rings. The van der Waals surface area contributed by atoms with Gasteiger partial charge in [0.25, 0.3) is 0 Å². The van der Waals surface area contributed by atoms with E-state index >= 15 is 0 Å². The van der Waals surface area contributed by atoms with Gasteiger partial charge in [0.15, 0.2) is 0 Å². The Labute approximate surface area is 263 Å². The third kappa shape index (κ3) is 5.40. The molecule has 2 bridgehead atoms. The van der Waals surface area contributed by atoms with Crippen LogP contribution in [0.25, 0.3) is 0 Å². The first kappa shape index (κ1) is 31.2. The molecule has 242 valence electrons. The first-order valence-corrected chi connectivity index (χ1v) is 15.6. The quantitative estimate of drug-likeness (QED) is 0.304. The van der Waals surface area contributed by atoms with Gasteiger partial charge in [0, 0.05) is 31.1 Å². The van der Waals surface area contributed by atoms with Gasteiger partial charge in [-0.3, -0.25) is 9.59 Å². The van der Waals surface area contributed by atoms with E-state index < -0.39 is 63.2 Å². The van der Waals surface area contributed by atoms with E-state index in [0.717, 1.165) is 11.1 Å². The zero-order valence-corrected chi connectivity index (χ0v) is 26.9. The van der Waals surface area contributed by atoms with Crippen molar-refractivity contribution in [2.75, 3.05) is 26.4 Å². The van der Waals surface area contributed by atoms with Crippen molar-refractivity contribution in [1.82, 2.24) is 0 Å². The number of carbonyl (C=O) groups excluding carboxylic acids is 4. The largest absolute Gasteiger partial charge is 0.497 e. The first-order valence-electron chi connectivity index (χ1n) is 15.6. The Balaban J connectivity index is 1.25. The summed E-state index contributed by atoms with van der Waals surface area (Å²) in [6.45, 7) is 11.6. The highest BCUT2D eigenvalue weighted by atomic mass is 16.6. The van der Waals surface area contributed by atoms with Crippen molar-refractivity contribution in [1.29, 1.82) is 0 Å². The molecule has 10 heteroatoms. The average molecular weight is 623 g/mol. The van der Waals surface area contributed by atoms with Crippen LogP contribution in [0.1, 0.15) is 65.5 Å². The van der Waals surface area contributed by atoms with Crippen LogP contribution in [0.5, 0.6) is 0 Å². The van der Waals surface area contributed by atoms with Crippen molar-refractivity contribution in [3.8, 4) is 0 Å². The van der Waals surface area contributed by atoms with Gasteiger partial charge in [-0.15, -0.1) is 0 Å². The number of hydrogen-bond donors (Lipinski definition) is 0. The zero-order chi connectivity index (χ0) is 32.4. The molecular formula is C35H42O10. The third-order valence-electron chi connectivity index (χ3n) is 10.2. The fourth-order valence-electron chi connectivity index (χ4n) is 8.26. The summed E-state index contributed by atoms with van der Waals surface area (Å²) < 4.78 is 35.3. The molecule has 6 atom stereocenters. The summed E-state index contributed by atoms with van der Waals surface area (Å²) in [7, 11) is 0. The van der Waals surface area contributed by atoms with Crippen LogP contribution in [0.15, 0.2) is 47.9 Å². The predicted octanol–water partition coefficient (Wildman–Crippen LogP) is 4.38. The third-order valence-corrected chi connectivity index (χ3v) is 10.2. The van der Waals surface area contributed by atoms with E-state index in [1.54, 1.807) is 0 Å². The number of fused-ring (bicyclic) bond motifs is 12. The summed E-state index contributed by atoms with van der Waals surface area (Å²) in [5.41, 5.74) is -2.26. The molecule has 0 aromatic heterocycles. The molecule has 4 aliphatic heterocycles. The molecule has 4 heterocycles. The Morgan fingerprint density at radius 1 is 0.578 bits per heavy atom. The van der Waals surface area contributed by atoms with Crippen LogP contribution < -0.4 is 0 Å². The van der Waals surface area contributed by atoms with Crippen LogP contribution in [0.2, 0.25) is 0 Å². The van der Waals surface area contributed by atoms with Gasteiger partial charge in [0.1, 0.15) is 22.7 Å². The van der Waals surface area contributed by atoms with Crippen molar-refractivity contribution >= 4 is 23.9 Å². The molecule has 0 amide bonds. The van der Waals surface area contributed by atoms with Gasteiger partial charge in [-0.2, -0.15) is 0 Å². The minimum Gasteiger partial charge on any atom is -0.497 e. The molecule has 0 radical (unpaired) electrons. The second-order valence-electron chi connectivity index (χ2n) is 14.9. The van der Waals surface area contributed by atoms with Crippen LogP contribution >= 0.6 is 0 Å². The van der Waals surface area contributed by atoms with Gasteiger partial charge in [-0.05, 0) is 38.8 Å². The van der Waals surface area contributed by atoms with Crippen LogP contribution in [-0.4, -0.2) is 61.5 Å². The van der Waals surface area contributed by atoms with E-state index in [1.165, 1.54) is 12.2 Å². The van der Waals surface area contributed by atoms with E-state index in [0.29, 0.717) is 50.4 Å². The monoisotopic (exact) mass is 622 g/mol. The second kappa shape index (κ2) is 10.6. The Kier molecular flexibility index (Phi) is 7.36. The maximum atomic E-state index is 13.6. The van der Waals surface area contributed by atoms with Gasteiger partial charge >= 0.3 is 23.9 Å². The lowest BCUT2D eigenvalue weighted by atomic mass is 9.51. The smallest absolute Gasteiger partial charge is 0.334 e. The van der Waals surface area contributed by atoms with Crippen molar-refractivity contribution in [2.24, 2.45) is 28.1 Å². The van der Waals surface area contributed by atoms with E-state index in [-0.39, 0.29) is 13.2 Å². The number of ether oxygens (including phenoxy) is 6. The fourth-order valence-corrected chi connectivity index (χ4v) is 8.26. The Hall–Kier alpha value is -3.82. The molecule has 6 aliphatic rings. The molecule has 1 aromatic carbocycles. The molecule has 2 aliphatic carbocycles. The lowest BCUT2D eigenvalue weighted by Gasteiger charge is -2.58. The van der Waals surface area contributed by atoms with Crippen molar-refractivity contribution in [2.45, 2.75) is 78.4 Å². The van der Waals surface area contributed by atoms with Gasteiger partial charge in [0.05, 0.1) is 61.2 Å². The van der Waals surface area contributed by atoms with E-state index in [4.69, 9.17) is 28.4 Å². The van der Waals surface area contributed by atoms with E-state index in [2.05, 4.69) is 0 Å². The van der Waals surface area contributed by atoms with Crippen LogP contribution in [0.3, 0.4) is 0 Å². The Morgan fingerprint density at radius 3 is 1.33 bits per heavy atom. The summed E-state index contributed by atoms with van der Waals surface area (Å²) >= 11 is 0. The lowest BCUT2D eigenvalue weighted by molar-refractivity contribution is -0.229. The molecule has 45 heavy (non-hydrogen) atoms. The molecule has 0 N–H and O–H groups in total. The average Bonchev–Trinajstić information content (AvgIpc) is 2.93. The molecule has 7 rings (SSSR count). The zero-order valence-electron chi connectivity index (χ0n) is 26.9. The topological polar surface area (TPSA) is 124 Å². The SMILES string of the molecule is CC1(C)COC(=O)C2(C)CC3(C)OC(=O)C=C(OCCc4ccc(cc4)CCOC4=CC(=O)OC5(C)CC(C)(C(=O)OC1)C45)C32.